The van der Waals surface area contributed by atoms with Crippen LogP contribution in [0.3, 0.4) is 0 Å². The number of aliphatic carboxylic acids is 2. The lowest BCUT2D eigenvalue weighted by atomic mass is 10.1. The minimum absolute atomic E-state index is 0.0550. The van der Waals surface area contributed by atoms with E-state index in [1.165, 1.54) is 12.2 Å². The molecule has 0 aromatic carbocycles. The van der Waals surface area contributed by atoms with Crippen LogP contribution in [0.25, 0.3) is 0 Å². The molecule has 1 aliphatic heterocycles. The minimum Gasteiger partial charge on any atom is -0.478 e. The highest BCUT2D eigenvalue weighted by Crippen LogP contribution is 2.19. The van der Waals surface area contributed by atoms with Crippen LogP contribution in [0.1, 0.15) is 19.3 Å². The number of ether oxygens (including phenoxy) is 1. The van der Waals surface area contributed by atoms with Crippen LogP contribution in [0.4, 0.5) is 0 Å². The summed E-state index contributed by atoms with van der Waals surface area (Å²) in [7, 11) is 0. The maximum atomic E-state index is 10.9. The van der Waals surface area contributed by atoms with Gasteiger partial charge in [0.1, 0.15) is 0 Å². The molecular formula is C11H14O5. The van der Waals surface area contributed by atoms with Crippen molar-refractivity contribution >= 4 is 11.9 Å². The fraction of sp³-hybridized carbons (Fsp3) is 0.455. The standard InChI is InChI=1S/C11H14O5/c12-10(13)5-1-3-8(11(14)15)7-9-4-2-6-16-9/h1,3,5,9H,2,4,6-7H2,(H,12,13)(H,14,15). The average molecular weight is 226 g/mol. The Morgan fingerprint density at radius 2 is 2.12 bits per heavy atom. The third kappa shape index (κ3) is 4.27. The molecular weight excluding hydrogens is 212 g/mol. The molecule has 0 spiro atoms. The number of hydrogen-bond acceptors (Lipinski definition) is 3. The smallest absolute Gasteiger partial charge is 0.331 e. The zero-order chi connectivity index (χ0) is 12.0. The van der Waals surface area contributed by atoms with E-state index < -0.39 is 11.9 Å². The van der Waals surface area contributed by atoms with Gasteiger partial charge < -0.3 is 14.9 Å². The molecule has 0 aliphatic carbocycles. The van der Waals surface area contributed by atoms with Crippen LogP contribution in [0, 0.1) is 0 Å². The van der Waals surface area contributed by atoms with Gasteiger partial charge in [-0.3, -0.25) is 0 Å². The summed E-state index contributed by atoms with van der Waals surface area (Å²) < 4.78 is 5.32. The molecule has 0 aromatic rings. The number of carbonyl (C=O) groups is 2. The highest BCUT2D eigenvalue weighted by Gasteiger charge is 2.19. The molecule has 0 radical (unpaired) electrons. The van der Waals surface area contributed by atoms with Gasteiger partial charge in [-0.2, -0.15) is 0 Å². The fourth-order valence-electron chi connectivity index (χ4n) is 1.52. The van der Waals surface area contributed by atoms with Crippen LogP contribution in [-0.4, -0.2) is 34.9 Å². The van der Waals surface area contributed by atoms with Crippen molar-refractivity contribution in [3.05, 3.63) is 23.8 Å². The van der Waals surface area contributed by atoms with Crippen LogP contribution in [0.5, 0.6) is 0 Å². The highest BCUT2D eigenvalue weighted by molar-refractivity contribution is 5.87. The van der Waals surface area contributed by atoms with Crippen molar-refractivity contribution in [1.29, 1.82) is 0 Å². The first-order valence-electron chi connectivity index (χ1n) is 5.04. The van der Waals surface area contributed by atoms with Crippen molar-refractivity contribution in [2.75, 3.05) is 6.61 Å². The zero-order valence-corrected chi connectivity index (χ0v) is 8.76. The topological polar surface area (TPSA) is 83.8 Å². The third-order valence-corrected chi connectivity index (χ3v) is 2.28. The fourth-order valence-corrected chi connectivity index (χ4v) is 1.52. The molecule has 1 atom stereocenters. The van der Waals surface area contributed by atoms with E-state index in [0.717, 1.165) is 18.9 Å². The van der Waals surface area contributed by atoms with Crippen LogP contribution in [0.2, 0.25) is 0 Å². The molecule has 0 aromatic heterocycles. The van der Waals surface area contributed by atoms with E-state index in [0.29, 0.717) is 13.0 Å². The van der Waals surface area contributed by atoms with Crippen molar-refractivity contribution in [2.45, 2.75) is 25.4 Å². The van der Waals surface area contributed by atoms with Crippen molar-refractivity contribution in [3.8, 4) is 0 Å². The minimum atomic E-state index is -1.10. The second-order valence-corrected chi connectivity index (χ2v) is 3.53. The Morgan fingerprint density at radius 3 is 2.62 bits per heavy atom. The first kappa shape index (κ1) is 12.4. The van der Waals surface area contributed by atoms with Gasteiger partial charge in [-0.25, -0.2) is 9.59 Å². The quantitative estimate of drug-likeness (QED) is 0.543. The van der Waals surface area contributed by atoms with Crippen LogP contribution >= 0.6 is 0 Å². The molecule has 88 valence electrons. The molecule has 1 heterocycles. The lowest BCUT2D eigenvalue weighted by Crippen LogP contribution is -2.11. The van der Waals surface area contributed by atoms with E-state index in [-0.39, 0.29) is 11.7 Å². The molecule has 0 bridgehead atoms. The molecule has 5 nitrogen and oxygen atoms in total. The Kier molecular flexibility index (Phi) is 4.72. The summed E-state index contributed by atoms with van der Waals surface area (Å²) >= 11 is 0. The maximum absolute atomic E-state index is 10.9. The van der Waals surface area contributed by atoms with E-state index in [2.05, 4.69) is 0 Å². The average Bonchev–Trinajstić information content (AvgIpc) is 2.68. The molecule has 1 unspecified atom stereocenters. The van der Waals surface area contributed by atoms with Crippen molar-refractivity contribution in [2.24, 2.45) is 0 Å². The van der Waals surface area contributed by atoms with Gasteiger partial charge in [0.2, 0.25) is 0 Å². The Balaban J connectivity index is 2.59. The third-order valence-electron chi connectivity index (χ3n) is 2.28. The lowest BCUT2D eigenvalue weighted by Gasteiger charge is -2.08. The predicted molar refractivity (Wildman–Crippen MR) is 56.1 cm³/mol. The number of carboxylic acids is 2. The van der Waals surface area contributed by atoms with Gasteiger partial charge in [0.25, 0.3) is 0 Å². The lowest BCUT2D eigenvalue weighted by molar-refractivity contribution is -0.133. The number of carboxylic acid groups (broad SMARTS) is 2. The Hall–Kier alpha value is -1.62. The molecule has 5 heteroatoms. The van der Waals surface area contributed by atoms with E-state index in [1.807, 2.05) is 0 Å². The maximum Gasteiger partial charge on any atom is 0.331 e. The first-order chi connectivity index (χ1) is 7.59. The summed E-state index contributed by atoms with van der Waals surface area (Å²) in [5, 5.41) is 17.3. The molecule has 1 saturated heterocycles. The molecule has 16 heavy (non-hydrogen) atoms. The van der Waals surface area contributed by atoms with Crippen LogP contribution < -0.4 is 0 Å². The summed E-state index contributed by atoms with van der Waals surface area (Å²) in [6, 6.07) is 0. The monoisotopic (exact) mass is 226 g/mol. The van der Waals surface area contributed by atoms with Gasteiger partial charge >= 0.3 is 11.9 Å². The van der Waals surface area contributed by atoms with Gasteiger partial charge in [0, 0.05) is 24.7 Å². The molecule has 2 N–H and O–H groups in total. The van der Waals surface area contributed by atoms with Gasteiger partial charge in [-0.15, -0.1) is 0 Å². The van der Waals surface area contributed by atoms with Gasteiger partial charge in [0.15, 0.2) is 0 Å². The van der Waals surface area contributed by atoms with Crippen molar-refractivity contribution in [3.63, 3.8) is 0 Å². The van der Waals surface area contributed by atoms with E-state index >= 15 is 0 Å². The van der Waals surface area contributed by atoms with Crippen LogP contribution in [-0.2, 0) is 14.3 Å². The second kappa shape index (κ2) is 6.07. The predicted octanol–water partition coefficient (Wildman–Crippen LogP) is 1.21. The highest BCUT2D eigenvalue weighted by atomic mass is 16.5. The Labute approximate surface area is 93.0 Å². The second-order valence-electron chi connectivity index (χ2n) is 3.53. The van der Waals surface area contributed by atoms with Gasteiger partial charge in [-0.1, -0.05) is 12.2 Å². The Bertz CT molecular complexity index is 323. The molecule has 0 saturated carbocycles. The number of rotatable bonds is 5. The summed E-state index contributed by atoms with van der Waals surface area (Å²) in [5.74, 6) is -2.14. The Morgan fingerprint density at radius 1 is 1.38 bits per heavy atom. The SMILES string of the molecule is O=C(O)C=CC=C(CC1CCCO1)C(=O)O. The summed E-state index contributed by atoms with van der Waals surface area (Å²) in [6.45, 7) is 0.669. The molecule has 0 amide bonds. The first-order valence-corrected chi connectivity index (χ1v) is 5.04. The molecule has 1 fully saturated rings. The summed E-state index contributed by atoms with van der Waals surface area (Å²) in [4.78, 5) is 21.1. The molecule has 1 rings (SSSR count). The number of allylic oxidation sites excluding steroid dienone is 2. The summed E-state index contributed by atoms with van der Waals surface area (Å²) in [5.41, 5.74) is 0.171. The number of hydrogen-bond donors (Lipinski definition) is 2. The largest absolute Gasteiger partial charge is 0.478 e. The normalized spacial score (nSPS) is 21.5. The van der Waals surface area contributed by atoms with Crippen LogP contribution in [0.15, 0.2) is 23.8 Å². The van der Waals surface area contributed by atoms with Gasteiger partial charge in [0.05, 0.1) is 6.10 Å². The summed E-state index contributed by atoms with van der Waals surface area (Å²) in [6.07, 6.45) is 5.49. The van der Waals surface area contributed by atoms with Crippen molar-refractivity contribution in [1.82, 2.24) is 0 Å². The van der Waals surface area contributed by atoms with E-state index in [9.17, 15) is 9.59 Å². The van der Waals surface area contributed by atoms with Gasteiger partial charge in [-0.05, 0) is 12.8 Å². The van der Waals surface area contributed by atoms with E-state index in [4.69, 9.17) is 14.9 Å². The molecule has 1 aliphatic rings. The van der Waals surface area contributed by atoms with Crippen molar-refractivity contribution < 1.29 is 24.5 Å². The zero-order valence-electron chi connectivity index (χ0n) is 8.76. The van der Waals surface area contributed by atoms with E-state index in [1.54, 1.807) is 0 Å².